The summed E-state index contributed by atoms with van der Waals surface area (Å²) in [7, 11) is 0. The van der Waals surface area contributed by atoms with E-state index in [2.05, 4.69) is 60.7 Å². The summed E-state index contributed by atoms with van der Waals surface area (Å²) < 4.78 is 5.40. The quantitative estimate of drug-likeness (QED) is 0.344. The van der Waals surface area contributed by atoms with Gasteiger partial charge in [0.05, 0.1) is 12.8 Å². The monoisotopic (exact) mass is 390 g/mol. The molecule has 0 atom stereocenters. The molecule has 0 aromatic carbocycles. The molecule has 2 N–H and O–H groups in total. The first-order valence-corrected chi connectivity index (χ1v) is 10.8. The summed E-state index contributed by atoms with van der Waals surface area (Å²) >= 11 is 1.74. The highest BCUT2D eigenvalue weighted by Crippen LogP contribution is 2.09. The van der Waals surface area contributed by atoms with E-state index in [9.17, 15) is 0 Å². The molecule has 0 radical (unpaired) electrons. The van der Waals surface area contributed by atoms with Gasteiger partial charge in [-0.15, -0.1) is 11.3 Å². The van der Waals surface area contributed by atoms with Gasteiger partial charge in [0.2, 0.25) is 0 Å². The summed E-state index contributed by atoms with van der Waals surface area (Å²) in [6.07, 6.45) is 3.66. The van der Waals surface area contributed by atoms with Crippen LogP contribution in [0.2, 0.25) is 0 Å². The van der Waals surface area contributed by atoms with E-state index in [1.165, 1.54) is 4.88 Å². The Morgan fingerprint density at radius 1 is 1.11 bits per heavy atom. The summed E-state index contributed by atoms with van der Waals surface area (Å²) in [6.45, 7) is 12.6. The standard InChI is InChI=1S/C21H34N4OS/c1-17(2)25(18(3)4)13-7-11-22-21(24-16-20-9-6-15-27-20)23-12-10-19-8-5-14-26-19/h5-6,8-9,14-15,17-18H,7,10-13,16H2,1-4H3,(H2,22,23,24). The number of furan rings is 1. The summed E-state index contributed by atoms with van der Waals surface area (Å²) in [5.74, 6) is 1.86. The van der Waals surface area contributed by atoms with Crippen LogP contribution in [0.1, 0.15) is 44.8 Å². The van der Waals surface area contributed by atoms with Gasteiger partial charge in [0.15, 0.2) is 5.96 Å². The molecular weight excluding hydrogens is 356 g/mol. The number of thiophene rings is 1. The Balaban J connectivity index is 1.80. The van der Waals surface area contributed by atoms with E-state index < -0.39 is 0 Å². The minimum Gasteiger partial charge on any atom is -0.469 e. The van der Waals surface area contributed by atoms with Crippen LogP contribution in [-0.2, 0) is 13.0 Å². The lowest BCUT2D eigenvalue weighted by molar-refractivity contribution is 0.173. The SMILES string of the molecule is CC(C)N(CCCNC(=NCc1cccs1)NCCc1ccco1)C(C)C. The highest BCUT2D eigenvalue weighted by molar-refractivity contribution is 7.09. The zero-order chi connectivity index (χ0) is 19.5. The van der Waals surface area contributed by atoms with Crippen LogP contribution >= 0.6 is 11.3 Å². The second kappa shape index (κ2) is 11.8. The Morgan fingerprint density at radius 3 is 2.52 bits per heavy atom. The first kappa shape index (κ1) is 21.5. The highest BCUT2D eigenvalue weighted by atomic mass is 32.1. The van der Waals surface area contributed by atoms with Gasteiger partial charge >= 0.3 is 0 Å². The Kier molecular flexibility index (Phi) is 9.42. The number of hydrogen-bond donors (Lipinski definition) is 2. The summed E-state index contributed by atoms with van der Waals surface area (Å²) in [5, 5.41) is 9.00. The lowest BCUT2D eigenvalue weighted by Gasteiger charge is -2.30. The van der Waals surface area contributed by atoms with Crippen LogP contribution in [0.25, 0.3) is 0 Å². The molecule has 0 spiro atoms. The number of nitrogens with one attached hydrogen (secondary N) is 2. The molecule has 0 aliphatic heterocycles. The van der Waals surface area contributed by atoms with E-state index in [0.717, 1.165) is 44.2 Å². The Morgan fingerprint density at radius 2 is 1.89 bits per heavy atom. The average Bonchev–Trinajstić information content (AvgIpc) is 3.32. The maximum atomic E-state index is 5.40. The number of hydrogen-bond acceptors (Lipinski definition) is 4. The van der Waals surface area contributed by atoms with Crippen LogP contribution in [-0.4, -0.2) is 42.6 Å². The van der Waals surface area contributed by atoms with E-state index in [-0.39, 0.29) is 0 Å². The lowest BCUT2D eigenvalue weighted by atomic mass is 10.2. The fraction of sp³-hybridized carbons (Fsp3) is 0.571. The van der Waals surface area contributed by atoms with Gasteiger partial charge in [0, 0.05) is 43.0 Å². The highest BCUT2D eigenvalue weighted by Gasteiger charge is 2.12. The Bertz CT molecular complexity index is 627. The van der Waals surface area contributed by atoms with E-state index in [4.69, 9.17) is 9.41 Å². The fourth-order valence-electron chi connectivity index (χ4n) is 3.07. The van der Waals surface area contributed by atoms with Gasteiger partial charge in [-0.1, -0.05) is 6.07 Å². The number of guanidine groups is 1. The van der Waals surface area contributed by atoms with Crippen molar-refractivity contribution in [3.63, 3.8) is 0 Å². The molecule has 5 nitrogen and oxygen atoms in total. The molecule has 0 fully saturated rings. The van der Waals surface area contributed by atoms with E-state index in [1.807, 2.05) is 12.1 Å². The fourth-order valence-corrected chi connectivity index (χ4v) is 3.70. The molecule has 6 heteroatoms. The maximum absolute atomic E-state index is 5.40. The van der Waals surface area contributed by atoms with Crippen molar-refractivity contribution in [2.24, 2.45) is 4.99 Å². The first-order valence-electron chi connectivity index (χ1n) is 9.89. The van der Waals surface area contributed by atoms with Crippen LogP contribution < -0.4 is 10.6 Å². The Hall–Kier alpha value is -1.79. The van der Waals surface area contributed by atoms with Crippen molar-refractivity contribution in [2.45, 2.75) is 59.2 Å². The molecule has 0 saturated heterocycles. The molecule has 27 heavy (non-hydrogen) atoms. The third-order valence-corrected chi connectivity index (χ3v) is 5.29. The van der Waals surface area contributed by atoms with Crippen molar-refractivity contribution < 1.29 is 4.42 Å². The van der Waals surface area contributed by atoms with Crippen LogP contribution in [0.5, 0.6) is 0 Å². The maximum Gasteiger partial charge on any atom is 0.191 e. The number of rotatable bonds is 11. The minimum atomic E-state index is 0.573. The van der Waals surface area contributed by atoms with E-state index >= 15 is 0 Å². The van der Waals surface area contributed by atoms with Crippen LogP contribution in [0, 0.1) is 0 Å². The van der Waals surface area contributed by atoms with Crippen molar-refractivity contribution in [1.82, 2.24) is 15.5 Å². The molecule has 2 aromatic heterocycles. The van der Waals surface area contributed by atoms with Gasteiger partial charge in [-0.25, -0.2) is 4.99 Å². The molecule has 0 amide bonds. The third-order valence-electron chi connectivity index (χ3n) is 4.43. The number of aliphatic imine (C=N–C) groups is 1. The van der Waals surface area contributed by atoms with Gasteiger partial charge < -0.3 is 15.1 Å². The van der Waals surface area contributed by atoms with Crippen LogP contribution in [0.4, 0.5) is 0 Å². The second-order valence-electron chi connectivity index (χ2n) is 7.21. The normalized spacial score (nSPS) is 12.3. The van der Waals surface area contributed by atoms with Gasteiger partial charge in [0.25, 0.3) is 0 Å². The lowest BCUT2D eigenvalue weighted by Crippen LogP contribution is -2.41. The molecule has 150 valence electrons. The predicted octanol–water partition coefficient (Wildman–Crippen LogP) is 4.13. The van der Waals surface area contributed by atoms with Gasteiger partial charge in [-0.3, -0.25) is 4.90 Å². The summed E-state index contributed by atoms with van der Waals surface area (Å²) in [6, 6.07) is 9.27. The molecular formula is C21H34N4OS. The van der Waals surface area contributed by atoms with E-state index in [1.54, 1.807) is 17.6 Å². The van der Waals surface area contributed by atoms with Gasteiger partial charge in [-0.05, 0) is 57.7 Å². The first-order chi connectivity index (χ1) is 13.1. The average molecular weight is 391 g/mol. The summed E-state index contributed by atoms with van der Waals surface area (Å²) in [4.78, 5) is 8.53. The second-order valence-corrected chi connectivity index (χ2v) is 8.24. The third kappa shape index (κ3) is 8.18. The largest absolute Gasteiger partial charge is 0.469 e. The zero-order valence-electron chi connectivity index (χ0n) is 17.1. The van der Waals surface area contributed by atoms with E-state index in [0.29, 0.717) is 18.6 Å². The number of nitrogens with zero attached hydrogens (tertiary/aromatic N) is 2. The zero-order valence-corrected chi connectivity index (χ0v) is 17.9. The van der Waals surface area contributed by atoms with Crippen molar-refractivity contribution >= 4 is 17.3 Å². The molecule has 0 aliphatic carbocycles. The molecule has 0 unspecified atom stereocenters. The molecule has 2 aromatic rings. The Labute approximate surface area is 167 Å². The topological polar surface area (TPSA) is 52.8 Å². The minimum absolute atomic E-state index is 0.573. The molecule has 0 aliphatic rings. The predicted molar refractivity (Wildman–Crippen MR) is 115 cm³/mol. The molecule has 0 saturated carbocycles. The smallest absolute Gasteiger partial charge is 0.191 e. The van der Waals surface area contributed by atoms with Crippen molar-refractivity contribution in [1.29, 1.82) is 0 Å². The van der Waals surface area contributed by atoms with Gasteiger partial charge in [0.1, 0.15) is 5.76 Å². The molecule has 2 rings (SSSR count). The van der Waals surface area contributed by atoms with Crippen molar-refractivity contribution in [3.05, 3.63) is 46.5 Å². The van der Waals surface area contributed by atoms with Crippen LogP contribution in [0.15, 0.2) is 45.3 Å². The van der Waals surface area contributed by atoms with Crippen molar-refractivity contribution in [3.8, 4) is 0 Å². The molecule has 2 heterocycles. The van der Waals surface area contributed by atoms with Crippen LogP contribution in [0.3, 0.4) is 0 Å². The molecule has 0 bridgehead atoms. The van der Waals surface area contributed by atoms with Crippen molar-refractivity contribution in [2.75, 3.05) is 19.6 Å². The van der Waals surface area contributed by atoms with Gasteiger partial charge in [-0.2, -0.15) is 0 Å². The summed E-state index contributed by atoms with van der Waals surface area (Å²) in [5.41, 5.74) is 0.